The predicted octanol–water partition coefficient (Wildman–Crippen LogP) is 4.11. The summed E-state index contributed by atoms with van der Waals surface area (Å²) < 4.78 is 44.3. The van der Waals surface area contributed by atoms with Crippen molar-refractivity contribution in [2.45, 2.75) is 70.5 Å². The van der Waals surface area contributed by atoms with Crippen LogP contribution in [-0.2, 0) is 19.1 Å². The lowest BCUT2D eigenvalue weighted by Gasteiger charge is -2.63. The van der Waals surface area contributed by atoms with Crippen molar-refractivity contribution in [3.05, 3.63) is 23.8 Å². The molecule has 5 nitrogen and oxygen atoms in total. The number of aliphatic hydroxyl groups is 1. The summed E-state index contributed by atoms with van der Waals surface area (Å²) in [6.07, 6.45) is 1.04. The molecule has 0 aromatic rings. The molecule has 0 aromatic heterocycles. The van der Waals surface area contributed by atoms with Gasteiger partial charge in [-0.05, 0) is 62.7 Å². The Morgan fingerprint density at radius 2 is 2.00 bits per heavy atom. The van der Waals surface area contributed by atoms with Crippen LogP contribution < -0.4 is 0 Å². The highest BCUT2D eigenvalue weighted by atomic mass is 35.5. The Labute approximate surface area is 198 Å². The van der Waals surface area contributed by atoms with Gasteiger partial charge in [-0.15, -0.1) is 11.6 Å². The Balaban J connectivity index is 1.84. The predicted molar refractivity (Wildman–Crippen MR) is 119 cm³/mol. The number of allylic oxidation sites excluding steroid dienone is 4. The smallest absolute Gasteiger partial charge is 0.180 e. The number of aliphatic hydroxyl groups excluding tert-OH is 1. The van der Waals surface area contributed by atoms with Crippen LogP contribution in [0.3, 0.4) is 0 Å². The number of rotatable bonds is 6. The molecule has 8 heteroatoms. The number of hydrogen-bond donors (Lipinski definition) is 1. The number of carbonyl (C=O) groups excluding carboxylic acids is 2. The molecule has 9 atom stereocenters. The molecule has 0 aliphatic heterocycles. The Hall–Kier alpha value is -1.15. The number of Topliss-reactive ketones (excluding diaryl/α,β-unsaturated/α-hetero) is 1. The Morgan fingerprint density at radius 3 is 2.64 bits per heavy atom. The van der Waals surface area contributed by atoms with Gasteiger partial charge >= 0.3 is 0 Å². The van der Waals surface area contributed by atoms with Crippen molar-refractivity contribution in [1.29, 1.82) is 0 Å². The number of ether oxygens (including phenoxy) is 2. The van der Waals surface area contributed by atoms with Crippen molar-refractivity contribution in [1.82, 2.24) is 0 Å². The third-order valence-electron chi connectivity index (χ3n) is 9.28. The zero-order valence-corrected chi connectivity index (χ0v) is 20.3. The number of alkyl halides is 3. The molecule has 4 aliphatic carbocycles. The lowest BCUT2D eigenvalue weighted by Crippen LogP contribution is -2.71. The van der Waals surface area contributed by atoms with E-state index in [1.165, 1.54) is 18.2 Å². The highest BCUT2D eigenvalue weighted by Crippen LogP contribution is 2.71. The van der Waals surface area contributed by atoms with E-state index in [0.29, 0.717) is 13.0 Å². The van der Waals surface area contributed by atoms with Crippen molar-refractivity contribution in [3.63, 3.8) is 0 Å². The molecule has 184 valence electrons. The van der Waals surface area contributed by atoms with Gasteiger partial charge in [0.25, 0.3) is 0 Å². The first-order valence-electron chi connectivity index (χ1n) is 11.7. The van der Waals surface area contributed by atoms with Crippen LogP contribution in [-0.4, -0.2) is 59.5 Å². The van der Waals surface area contributed by atoms with Crippen LogP contribution >= 0.6 is 11.6 Å². The summed E-state index contributed by atoms with van der Waals surface area (Å²) in [5, 5.41) is 11.4. The van der Waals surface area contributed by atoms with Crippen LogP contribution in [0.5, 0.6) is 0 Å². The molecule has 0 amide bonds. The van der Waals surface area contributed by atoms with E-state index in [9.17, 15) is 14.7 Å². The summed E-state index contributed by atoms with van der Waals surface area (Å²) in [7, 11) is 0. The van der Waals surface area contributed by atoms with E-state index in [4.69, 9.17) is 21.1 Å². The first-order valence-corrected chi connectivity index (χ1v) is 12.2. The van der Waals surface area contributed by atoms with E-state index in [2.05, 4.69) is 0 Å². The molecule has 0 aromatic carbocycles. The molecule has 1 N–H and O–H groups in total. The lowest BCUT2D eigenvalue weighted by molar-refractivity contribution is -0.245. The maximum absolute atomic E-state index is 17.2. The summed E-state index contributed by atoms with van der Waals surface area (Å²) in [5.74, 6) is -2.64. The highest BCUT2D eigenvalue weighted by molar-refractivity contribution is 6.29. The second-order valence-corrected chi connectivity index (χ2v) is 10.8. The van der Waals surface area contributed by atoms with Crippen LogP contribution in [0.1, 0.15) is 47.0 Å². The maximum Gasteiger partial charge on any atom is 0.180 e. The molecule has 0 bridgehead atoms. The number of carbonyl (C=O) groups is 2. The minimum Gasteiger partial charge on any atom is -0.390 e. The summed E-state index contributed by atoms with van der Waals surface area (Å²) in [6, 6.07) is 0. The van der Waals surface area contributed by atoms with Crippen LogP contribution in [0.25, 0.3) is 0 Å². The van der Waals surface area contributed by atoms with Gasteiger partial charge in [-0.2, -0.15) is 0 Å². The van der Waals surface area contributed by atoms with E-state index >= 15 is 8.78 Å². The van der Waals surface area contributed by atoms with Gasteiger partial charge in [0.2, 0.25) is 0 Å². The fraction of sp³-hybridized carbons (Fsp3) is 0.760. The van der Waals surface area contributed by atoms with Gasteiger partial charge in [-0.3, -0.25) is 9.59 Å². The van der Waals surface area contributed by atoms with Crippen molar-refractivity contribution >= 4 is 23.2 Å². The van der Waals surface area contributed by atoms with Gasteiger partial charge in [0.15, 0.2) is 17.2 Å². The Kier molecular flexibility index (Phi) is 6.21. The molecular weight excluding hydrogens is 454 g/mol. The average Bonchev–Trinajstić information content (AvgIpc) is 2.98. The van der Waals surface area contributed by atoms with E-state index in [1.54, 1.807) is 6.92 Å². The Morgan fingerprint density at radius 1 is 1.30 bits per heavy atom. The Bertz CT molecular complexity index is 907. The monoisotopic (exact) mass is 486 g/mol. The second kappa shape index (κ2) is 8.21. The van der Waals surface area contributed by atoms with Crippen molar-refractivity contribution < 1.29 is 33.0 Å². The van der Waals surface area contributed by atoms with Crippen LogP contribution in [0.15, 0.2) is 23.8 Å². The quantitative estimate of drug-likeness (QED) is 0.347. The molecule has 4 aliphatic rings. The van der Waals surface area contributed by atoms with Gasteiger partial charge in [0.1, 0.15) is 18.6 Å². The number of fused-ring (bicyclic) bond motifs is 5. The number of ketones is 2. The molecule has 4 rings (SSSR count). The minimum absolute atomic E-state index is 0.0502. The van der Waals surface area contributed by atoms with Gasteiger partial charge in [-0.25, -0.2) is 8.78 Å². The zero-order chi connectivity index (χ0) is 24.4. The summed E-state index contributed by atoms with van der Waals surface area (Å²) in [6.45, 7) is 7.33. The molecular formula is C25H33ClF2O5. The largest absolute Gasteiger partial charge is 0.390 e. The van der Waals surface area contributed by atoms with Crippen molar-refractivity contribution in [2.75, 3.05) is 19.3 Å². The van der Waals surface area contributed by atoms with Gasteiger partial charge in [0.05, 0.1) is 12.0 Å². The summed E-state index contributed by atoms with van der Waals surface area (Å²) in [5.41, 5.74) is -5.92. The number of hydrogen-bond acceptors (Lipinski definition) is 5. The van der Waals surface area contributed by atoms with E-state index in [-0.39, 0.29) is 48.6 Å². The molecule has 0 spiro atoms. The highest BCUT2D eigenvalue weighted by Gasteiger charge is 2.77. The first-order chi connectivity index (χ1) is 15.4. The third kappa shape index (κ3) is 3.04. The average molecular weight is 487 g/mol. The molecule has 0 heterocycles. The second-order valence-electron chi connectivity index (χ2n) is 10.5. The molecule has 0 saturated heterocycles. The molecule has 4 unspecified atom stereocenters. The fourth-order valence-electron chi connectivity index (χ4n) is 7.82. The van der Waals surface area contributed by atoms with E-state index < -0.39 is 46.2 Å². The van der Waals surface area contributed by atoms with Gasteiger partial charge in [-0.1, -0.05) is 19.9 Å². The summed E-state index contributed by atoms with van der Waals surface area (Å²) in [4.78, 5) is 25.3. The van der Waals surface area contributed by atoms with Crippen LogP contribution in [0, 0.1) is 28.6 Å². The standard InChI is InChI=1S/C25H33ClF2O5/c1-5-32-13-33-25(21(31)12-26)14(2)8-16-17-10-19(27)18-9-15(29)6-7-22(18,3)24(17,28)20(30)11-23(16,25)4/h6-7,9,14,16-17,19-20,30H,5,8,10-13H2,1-4H3/t14-,16?,17?,19-,20-,22?,23?,24-,25-/m0/s1. The van der Waals surface area contributed by atoms with Crippen molar-refractivity contribution in [3.8, 4) is 0 Å². The maximum atomic E-state index is 17.2. The van der Waals surface area contributed by atoms with E-state index in [1.807, 2.05) is 20.8 Å². The van der Waals surface area contributed by atoms with Gasteiger partial charge < -0.3 is 14.6 Å². The minimum atomic E-state index is -2.19. The summed E-state index contributed by atoms with van der Waals surface area (Å²) >= 11 is 6.03. The molecule has 3 fully saturated rings. The van der Waals surface area contributed by atoms with E-state index in [0.717, 1.165) is 0 Å². The zero-order valence-electron chi connectivity index (χ0n) is 19.6. The molecule has 3 saturated carbocycles. The fourth-order valence-corrected chi connectivity index (χ4v) is 8.02. The lowest BCUT2D eigenvalue weighted by atomic mass is 9.44. The number of halogens is 3. The normalized spacial score (nSPS) is 48.7. The molecule has 0 radical (unpaired) electrons. The topological polar surface area (TPSA) is 72.8 Å². The first kappa shape index (κ1) is 25.0. The SMILES string of the molecule is CCOCO[C@]1(C(=O)CCl)[C@@H](C)CC2C3C[C@H](F)C4=CC(=O)C=CC4(C)[C@@]3(F)[C@@H](O)CC21C. The molecule has 33 heavy (non-hydrogen) atoms. The van der Waals surface area contributed by atoms with Gasteiger partial charge in [0, 0.05) is 23.4 Å². The van der Waals surface area contributed by atoms with Crippen molar-refractivity contribution in [2.24, 2.45) is 28.6 Å². The van der Waals surface area contributed by atoms with Crippen LogP contribution in [0.2, 0.25) is 0 Å². The third-order valence-corrected chi connectivity index (χ3v) is 9.52. The van der Waals surface area contributed by atoms with Crippen LogP contribution in [0.4, 0.5) is 8.78 Å².